The monoisotopic (exact) mass is 602 g/mol. The number of amides is 2. The Hall–Kier alpha value is -3.39. The molecule has 2 aromatic rings. The normalized spacial score (nSPS) is 15.0. The molecular formula is C23H18BrF3N2O7S. The van der Waals surface area contributed by atoms with Crippen molar-refractivity contribution < 1.29 is 42.0 Å². The van der Waals surface area contributed by atoms with Crippen molar-refractivity contribution >= 4 is 56.6 Å². The number of halogens is 4. The highest BCUT2D eigenvalue weighted by Crippen LogP contribution is 2.40. The van der Waals surface area contributed by atoms with Gasteiger partial charge in [0, 0.05) is 16.1 Å². The van der Waals surface area contributed by atoms with Crippen molar-refractivity contribution in [2.75, 3.05) is 13.2 Å². The fourth-order valence-corrected chi connectivity index (χ4v) is 4.19. The second-order valence-corrected chi connectivity index (χ2v) is 9.98. The van der Waals surface area contributed by atoms with Crippen LogP contribution in [0.15, 0.2) is 45.8 Å². The highest BCUT2D eigenvalue weighted by atomic mass is 79.9. The van der Waals surface area contributed by atoms with Crippen molar-refractivity contribution in [3.05, 3.63) is 67.0 Å². The van der Waals surface area contributed by atoms with E-state index < -0.39 is 51.8 Å². The fraction of sp³-hybridized carbons (Fsp3) is 0.261. The van der Waals surface area contributed by atoms with Crippen LogP contribution in [0.3, 0.4) is 0 Å². The lowest BCUT2D eigenvalue weighted by molar-refractivity contribution is -0.385. The number of carbonyl (C=O) groups is 3. The number of rotatable bonds is 8. The van der Waals surface area contributed by atoms with Crippen molar-refractivity contribution in [3.63, 3.8) is 0 Å². The van der Waals surface area contributed by atoms with Crippen LogP contribution in [0.1, 0.15) is 25.0 Å². The largest absolute Gasteiger partial charge is 0.464 e. The van der Waals surface area contributed by atoms with Gasteiger partial charge in [-0.15, -0.1) is 0 Å². The molecule has 37 heavy (non-hydrogen) atoms. The lowest BCUT2D eigenvalue weighted by Gasteiger charge is -2.13. The first-order valence-electron chi connectivity index (χ1n) is 10.5. The van der Waals surface area contributed by atoms with Crippen LogP contribution >= 0.6 is 27.7 Å². The van der Waals surface area contributed by atoms with Gasteiger partial charge in [-0.2, -0.15) is 13.2 Å². The maximum absolute atomic E-state index is 13.0. The summed E-state index contributed by atoms with van der Waals surface area (Å²) in [6.07, 6.45) is -3.52. The molecule has 1 aliphatic heterocycles. The maximum atomic E-state index is 13.0. The van der Waals surface area contributed by atoms with Gasteiger partial charge in [0.1, 0.15) is 12.3 Å². The van der Waals surface area contributed by atoms with Crippen LogP contribution in [-0.4, -0.2) is 40.1 Å². The Morgan fingerprint density at radius 3 is 2.49 bits per heavy atom. The van der Waals surface area contributed by atoms with Crippen LogP contribution in [0.2, 0.25) is 0 Å². The van der Waals surface area contributed by atoms with Crippen LogP contribution in [0.25, 0.3) is 6.08 Å². The Bertz CT molecular complexity index is 1300. The van der Waals surface area contributed by atoms with Crippen molar-refractivity contribution in [1.29, 1.82) is 0 Å². The van der Waals surface area contributed by atoms with E-state index in [0.29, 0.717) is 28.4 Å². The van der Waals surface area contributed by atoms with Gasteiger partial charge in [-0.3, -0.25) is 29.4 Å². The van der Waals surface area contributed by atoms with E-state index in [1.807, 2.05) is 13.8 Å². The van der Waals surface area contributed by atoms with Gasteiger partial charge in [0.15, 0.2) is 0 Å². The van der Waals surface area contributed by atoms with Crippen LogP contribution in [0.4, 0.5) is 23.7 Å². The van der Waals surface area contributed by atoms with Crippen LogP contribution in [0, 0.1) is 16.0 Å². The molecule has 1 fully saturated rings. The van der Waals surface area contributed by atoms with E-state index >= 15 is 0 Å². The Morgan fingerprint density at radius 1 is 1.19 bits per heavy atom. The summed E-state index contributed by atoms with van der Waals surface area (Å²) in [7, 11) is 0. The fourth-order valence-electron chi connectivity index (χ4n) is 2.98. The quantitative estimate of drug-likeness (QED) is 0.147. The Kier molecular flexibility index (Phi) is 8.64. The molecular weight excluding hydrogens is 585 g/mol. The molecule has 0 aromatic heterocycles. The van der Waals surface area contributed by atoms with E-state index in [1.54, 1.807) is 0 Å². The minimum atomic E-state index is -4.80. The summed E-state index contributed by atoms with van der Waals surface area (Å²) in [4.78, 5) is 48.2. The van der Waals surface area contributed by atoms with Crippen molar-refractivity contribution in [2.45, 2.75) is 20.0 Å². The molecule has 0 saturated carbocycles. The molecule has 2 aromatic carbocycles. The molecule has 9 nitrogen and oxygen atoms in total. The summed E-state index contributed by atoms with van der Waals surface area (Å²) in [5.74, 6) is -1.94. The van der Waals surface area contributed by atoms with Gasteiger partial charge in [-0.1, -0.05) is 29.8 Å². The number of nitrogens with zero attached hydrogens (tertiary/aromatic N) is 2. The second kappa shape index (κ2) is 11.3. The number of nitro benzene ring substituents is 1. The number of imide groups is 1. The number of hydrogen-bond acceptors (Lipinski definition) is 8. The molecule has 0 bridgehead atoms. The first-order chi connectivity index (χ1) is 17.3. The Labute approximate surface area is 220 Å². The summed E-state index contributed by atoms with van der Waals surface area (Å²) >= 11 is 3.82. The average Bonchev–Trinajstić information content (AvgIpc) is 3.06. The zero-order valence-electron chi connectivity index (χ0n) is 19.2. The van der Waals surface area contributed by atoms with Crippen molar-refractivity contribution in [1.82, 2.24) is 4.90 Å². The maximum Gasteiger partial charge on any atom is 0.416 e. The standard InChI is InChI=1S/C23H18BrF3N2O7S/c1-12(2)11-35-20(30)10-28-21(31)19(37-22(28)32)8-13-7-15(24)4-6-17(13)36-18-5-3-14(23(25,26)27)9-16(18)29(33)34/h3-9,12H,10-11H2,1-2H3/b19-8+. The molecule has 0 unspecified atom stereocenters. The van der Waals surface area contributed by atoms with Gasteiger partial charge >= 0.3 is 17.8 Å². The number of nitro groups is 1. The Balaban J connectivity index is 1.90. The molecule has 2 amide bonds. The third-order valence-corrected chi connectivity index (χ3v) is 6.10. The van der Waals surface area contributed by atoms with Crippen LogP contribution < -0.4 is 4.74 Å². The summed E-state index contributed by atoms with van der Waals surface area (Å²) < 4.78 is 50.1. The molecule has 14 heteroatoms. The van der Waals surface area contributed by atoms with Crippen LogP contribution in [0.5, 0.6) is 11.5 Å². The number of benzene rings is 2. The topological polar surface area (TPSA) is 116 Å². The lowest BCUT2D eigenvalue weighted by atomic mass is 10.1. The average molecular weight is 603 g/mol. The number of carbonyl (C=O) groups excluding carboxylic acids is 3. The first kappa shape index (κ1) is 28.2. The number of thioether (sulfide) groups is 1. The van der Waals surface area contributed by atoms with E-state index in [0.717, 1.165) is 11.0 Å². The number of ether oxygens (including phenoxy) is 2. The SMILES string of the molecule is CC(C)COC(=O)CN1C(=O)S/C(=C/c2cc(Br)ccc2Oc2ccc(C(F)(F)F)cc2[N+](=O)[O-])C1=O. The second-order valence-electron chi connectivity index (χ2n) is 8.07. The van der Waals surface area contributed by atoms with Crippen LogP contribution in [-0.2, 0) is 20.5 Å². The highest BCUT2D eigenvalue weighted by Gasteiger charge is 2.37. The summed E-state index contributed by atoms with van der Waals surface area (Å²) in [5, 5.41) is 10.7. The van der Waals surface area contributed by atoms with E-state index in [4.69, 9.17) is 9.47 Å². The molecule has 1 heterocycles. The van der Waals surface area contributed by atoms with E-state index in [-0.39, 0.29) is 28.7 Å². The van der Waals surface area contributed by atoms with Gasteiger partial charge in [0.25, 0.3) is 11.1 Å². The molecule has 0 N–H and O–H groups in total. The molecule has 1 saturated heterocycles. The summed E-state index contributed by atoms with van der Waals surface area (Å²) in [6, 6.07) is 6.20. The first-order valence-corrected chi connectivity index (χ1v) is 12.1. The van der Waals surface area contributed by atoms with Gasteiger partial charge in [-0.25, -0.2) is 0 Å². The molecule has 0 spiro atoms. The third-order valence-electron chi connectivity index (χ3n) is 4.70. The molecule has 1 aliphatic rings. The summed E-state index contributed by atoms with van der Waals surface area (Å²) in [5.41, 5.74) is -1.94. The van der Waals surface area contributed by atoms with Gasteiger partial charge in [-0.05, 0) is 54.1 Å². The van der Waals surface area contributed by atoms with Gasteiger partial charge < -0.3 is 9.47 Å². The van der Waals surface area contributed by atoms with Crippen molar-refractivity contribution in [2.24, 2.45) is 5.92 Å². The number of alkyl halides is 3. The van der Waals surface area contributed by atoms with Gasteiger partial charge in [0.2, 0.25) is 5.75 Å². The zero-order chi connectivity index (χ0) is 27.5. The number of esters is 1. The molecule has 196 valence electrons. The minimum absolute atomic E-state index is 0.0331. The number of hydrogen-bond donors (Lipinski definition) is 0. The molecule has 3 rings (SSSR count). The molecule has 0 aliphatic carbocycles. The molecule has 0 radical (unpaired) electrons. The third kappa shape index (κ3) is 7.10. The predicted molar refractivity (Wildman–Crippen MR) is 131 cm³/mol. The lowest BCUT2D eigenvalue weighted by Crippen LogP contribution is -2.34. The highest BCUT2D eigenvalue weighted by molar-refractivity contribution is 9.10. The Morgan fingerprint density at radius 2 is 1.86 bits per heavy atom. The smallest absolute Gasteiger partial charge is 0.416 e. The predicted octanol–water partition coefficient (Wildman–Crippen LogP) is 6.40. The molecule has 0 atom stereocenters. The van der Waals surface area contributed by atoms with E-state index in [2.05, 4.69) is 15.9 Å². The van der Waals surface area contributed by atoms with E-state index in [1.165, 1.54) is 24.3 Å². The summed E-state index contributed by atoms with van der Waals surface area (Å²) in [6.45, 7) is 3.20. The zero-order valence-corrected chi connectivity index (χ0v) is 21.6. The minimum Gasteiger partial charge on any atom is -0.464 e. The van der Waals surface area contributed by atoms with Crippen molar-refractivity contribution in [3.8, 4) is 11.5 Å². The van der Waals surface area contributed by atoms with E-state index in [9.17, 15) is 37.7 Å². The van der Waals surface area contributed by atoms with Gasteiger partial charge in [0.05, 0.1) is 22.0 Å².